The number of hydrogen-bond acceptors (Lipinski definition) is 8. The Morgan fingerprint density at radius 2 is 1.14 bits per heavy atom. The number of phenols is 1. The molecule has 0 amide bonds. The van der Waals surface area contributed by atoms with E-state index in [-0.39, 0.29) is 26.7 Å². The number of thioether (sulfide) groups is 2. The lowest BCUT2D eigenvalue weighted by Gasteiger charge is -2.16. The molecule has 0 unspecified atom stereocenters. The van der Waals surface area contributed by atoms with Crippen molar-refractivity contribution >= 4 is 35.5 Å². The van der Waals surface area contributed by atoms with E-state index < -0.39 is 41.2 Å². The van der Waals surface area contributed by atoms with Crippen LogP contribution in [-0.2, 0) is 21.8 Å². The van der Waals surface area contributed by atoms with Crippen LogP contribution in [0.5, 0.6) is 11.5 Å². The van der Waals surface area contributed by atoms with E-state index in [1.165, 1.54) is 12.3 Å². The summed E-state index contributed by atoms with van der Waals surface area (Å²) in [5.74, 6) is -2.87. The van der Waals surface area contributed by atoms with Crippen molar-refractivity contribution in [2.24, 2.45) is 0 Å². The molecule has 0 saturated carbocycles. The number of carbonyl (C=O) groups excluding carboxylic acids is 2. The first kappa shape index (κ1) is 30.3. The number of esters is 2. The van der Waals surface area contributed by atoms with Crippen molar-refractivity contribution in [3.8, 4) is 11.5 Å². The number of methoxy groups -OCH3 is 3. The zero-order valence-electron chi connectivity index (χ0n) is 18.9. The Labute approximate surface area is 204 Å². The Morgan fingerprint density at radius 3 is 1.49 bits per heavy atom. The van der Waals surface area contributed by atoms with Crippen molar-refractivity contribution in [2.75, 3.05) is 33.8 Å². The van der Waals surface area contributed by atoms with Gasteiger partial charge in [0.15, 0.2) is 0 Å². The molecule has 2 aromatic rings. The quantitative estimate of drug-likeness (QED) is 0.272. The Bertz CT molecular complexity index is 1070. The Balaban J connectivity index is 0.000000351. The molecule has 0 bridgehead atoms. The smallest absolute Gasteiger partial charge is 0.420 e. The van der Waals surface area contributed by atoms with Crippen LogP contribution >= 0.6 is 23.5 Å². The minimum atomic E-state index is -4.72. The number of alkyl halides is 6. The molecule has 0 aliphatic carbocycles. The van der Waals surface area contributed by atoms with E-state index in [2.05, 4.69) is 9.47 Å². The second-order valence-electron chi connectivity index (χ2n) is 6.31. The highest BCUT2D eigenvalue weighted by Gasteiger charge is 2.37. The number of rotatable bonds is 5. The van der Waals surface area contributed by atoms with Crippen molar-refractivity contribution in [1.82, 2.24) is 0 Å². The maximum Gasteiger partial charge on any atom is 0.420 e. The summed E-state index contributed by atoms with van der Waals surface area (Å²) in [5, 5.41) is 9.41. The molecule has 0 radical (unpaired) electrons. The van der Waals surface area contributed by atoms with E-state index in [4.69, 9.17) is 4.74 Å². The number of halogens is 6. The van der Waals surface area contributed by atoms with Crippen LogP contribution < -0.4 is 4.74 Å². The predicted molar refractivity (Wildman–Crippen MR) is 117 cm³/mol. The maximum atomic E-state index is 12.9. The van der Waals surface area contributed by atoms with E-state index >= 15 is 0 Å². The molecule has 6 nitrogen and oxygen atoms in total. The van der Waals surface area contributed by atoms with Crippen molar-refractivity contribution in [3.05, 3.63) is 46.5 Å². The summed E-state index contributed by atoms with van der Waals surface area (Å²) in [6, 6.07) is 3.76. The molecular weight excluding hydrogens is 526 g/mol. The van der Waals surface area contributed by atoms with E-state index in [1.54, 1.807) is 6.26 Å². The van der Waals surface area contributed by atoms with Gasteiger partial charge in [0.05, 0.1) is 53.4 Å². The standard InChI is InChI=1S/C11H11F3O3S.C10H9F3O3S/c1-16-9-7(11(12,13)14)4-6(10(15)17-2)5-8(9)18-3;1-16-9(15)5-3-6(10(11,12)13)8(14)7(4-5)17-2/h4-5H,1-3H3;3-4,14H,1-2H3. The molecule has 2 rings (SSSR count). The van der Waals surface area contributed by atoms with Gasteiger partial charge in [-0.15, -0.1) is 23.5 Å². The first-order valence-electron chi connectivity index (χ1n) is 9.14. The van der Waals surface area contributed by atoms with Crippen LogP contribution in [0.3, 0.4) is 0 Å². The molecular formula is C21H20F6O6S2. The first-order valence-corrected chi connectivity index (χ1v) is 11.6. The third-order valence-corrected chi connectivity index (χ3v) is 5.72. The van der Waals surface area contributed by atoms with Gasteiger partial charge in [0.2, 0.25) is 0 Å². The van der Waals surface area contributed by atoms with Crippen molar-refractivity contribution < 1.29 is 55.2 Å². The average Bonchev–Trinajstić information content (AvgIpc) is 2.81. The van der Waals surface area contributed by atoms with Crippen LogP contribution in [0.1, 0.15) is 31.8 Å². The molecule has 1 N–H and O–H groups in total. The van der Waals surface area contributed by atoms with Gasteiger partial charge in [-0.05, 0) is 36.8 Å². The largest absolute Gasteiger partial charge is 0.506 e. The van der Waals surface area contributed by atoms with E-state index in [0.717, 1.165) is 57.0 Å². The van der Waals surface area contributed by atoms with Gasteiger partial charge in [-0.2, -0.15) is 26.3 Å². The zero-order valence-corrected chi connectivity index (χ0v) is 20.5. The van der Waals surface area contributed by atoms with Gasteiger partial charge in [-0.1, -0.05) is 0 Å². The monoisotopic (exact) mass is 546 g/mol. The lowest BCUT2D eigenvalue weighted by Crippen LogP contribution is -2.11. The molecule has 0 aliphatic rings. The highest BCUT2D eigenvalue weighted by atomic mass is 32.2. The van der Waals surface area contributed by atoms with Gasteiger partial charge in [0.1, 0.15) is 11.5 Å². The Hall–Kier alpha value is -2.74. The number of benzene rings is 2. The normalized spacial score (nSPS) is 11.3. The molecule has 0 spiro atoms. The summed E-state index contributed by atoms with van der Waals surface area (Å²) < 4.78 is 89.9. The van der Waals surface area contributed by atoms with Gasteiger partial charge >= 0.3 is 24.3 Å². The average molecular weight is 547 g/mol. The predicted octanol–water partition coefficient (Wildman–Crippen LogP) is 6.14. The highest BCUT2D eigenvalue weighted by molar-refractivity contribution is 7.99. The molecule has 194 valence electrons. The minimum Gasteiger partial charge on any atom is -0.506 e. The summed E-state index contributed by atoms with van der Waals surface area (Å²) in [5.41, 5.74) is -2.64. The molecule has 35 heavy (non-hydrogen) atoms. The second kappa shape index (κ2) is 12.3. The minimum absolute atomic E-state index is 0.0276. The molecule has 14 heteroatoms. The third kappa shape index (κ3) is 7.62. The third-order valence-electron chi connectivity index (χ3n) is 4.23. The highest BCUT2D eigenvalue weighted by Crippen LogP contribution is 2.43. The zero-order chi connectivity index (χ0) is 27.1. The van der Waals surface area contributed by atoms with Crippen LogP contribution in [-0.4, -0.2) is 50.9 Å². The topological polar surface area (TPSA) is 82.1 Å². The van der Waals surface area contributed by atoms with E-state index in [0.29, 0.717) is 6.07 Å². The number of ether oxygens (including phenoxy) is 3. The van der Waals surface area contributed by atoms with Gasteiger partial charge < -0.3 is 19.3 Å². The first-order chi connectivity index (χ1) is 16.2. The molecule has 0 aliphatic heterocycles. The van der Waals surface area contributed by atoms with Crippen molar-refractivity contribution in [1.29, 1.82) is 0 Å². The van der Waals surface area contributed by atoms with Crippen molar-refractivity contribution in [2.45, 2.75) is 22.1 Å². The Kier molecular flexibility index (Phi) is 10.6. The second-order valence-corrected chi connectivity index (χ2v) is 8.01. The molecule has 0 atom stereocenters. The van der Waals surface area contributed by atoms with Gasteiger partial charge in [-0.3, -0.25) is 0 Å². The summed E-state index contributed by atoms with van der Waals surface area (Å²) in [6.45, 7) is 0. The van der Waals surface area contributed by atoms with Gasteiger partial charge in [-0.25, -0.2) is 9.59 Å². The number of phenolic OH excluding ortho intramolecular Hbond substituents is 1. The fraction of sp³-hybridized carbons (Fsp3) is 0.333. The van der Waals surface area contributed by atoms with Gasteiger partial charge in [0, 0.05) is 0 Å². The summed E-state index contributed by atoms with van der Waals surface area (Å²) in [4.78, 5) is 22.7. The van der Waals surface area contributed by atoms with Crippen LogP contribution in [0.15, 0.2) is 34.1 Å². The maximum absolute atomic E-state index is 12.9. The lowest BCUT2D eigenvalue weighted by molar-refractivity contribution is -0.139. The SMILES string of the molecule is COC(=O)c1cc(SC)c(O)c(C(F)(F)F)c1.COC(=O)c1cc(SC)c(OC)c(C(F)(F)F)c1. The molecule has 0 heterocycles. The fourth-order valence-electron chi connectivity index (χ4n) is 2.63. The molecule has 0 fully saturated rings. The van der Waals surface area contributed by atoms with Crippen LogP contribution in [0.25, 0.3) is 0 Å². The van der Waals surface area contributed by atoms with Crippen LogP contribution in [0.2, 0.25) is 0 Å². The summed E-state index contributed by atoms with van der Waals surface area (Å²) >= 11 is 1.97. The molecule has 0 aromatic heterocycles. The Morgan fingerprint density at radius 1 is 0.743 bits per heavy atom. The summed E-state index contributed by atoms with van der Waals surface area (Å²) in [6.07, 6.45) is -6.23. The number of carbonyl (C=O) groups is 2. The number of aromatic hydroxyl groups is 1. The molecule has 2 aromatic carbocycles. The van der Waals surface area contributed by atoms with Crippen LogP contribution in [0, 0.1) is 0 Å². The lowest BCUT2D eigenvalue weighted by atomic mass is 10.1. The van der Waals surface area contributed by atoms with Crippen molar-refractivity contribution in [3.63, 3.8) is 0 Å². The van der Waals surface area contributed by atoms with E-state index in [1.807, 2.05) is 0 Å². The van der Waals surface area contributed by atoms with Crippen LogP contribution in [0.4, 0.5) is 26.3 Å². The van der Waals surface area contributed by atoms with E-state index in [9.17, 15) is 41.0 Å². The number of hydrogen-bond donors (Lipinski definition) is 1. The molecule has 0 saturated heterocycles. The fourth-order valence-corrected chi connectivity index (χ4v) is 3.80. The summed E-state index contributed by atoms with van der Waals surface area (Å²) in [7, 11) is 3.34. The van der Waals surface area contributed by atoms with Gasteiger partial charge in [0.25, 0.3) is 0 Å².